The van der Waals surface area contributed by atoms with Gasteiger partial charge >= 0.3 is 0 Å². The molecule has 4 heterocycles. The molecule has 0 fully saturated rings. The Hall–Kier alpha value is -3.34. The van der Waals surface area contributed by atoms with Gasteiger partial charge in [0.15, 0.2) is 0 Å². The minimum atomic E-state index is -0.141. The lowest BCUT2D eigenvalue weighted by molar-refractivity contribution is 0.0658. The van der Waals surface area contributed by atoms with Crippen LogP contribution in [0.5, 0.6) is 0 Å². The molecule has 0 saturated carbocycles. The Labute approximate surface area is 163 Å². The average molecular weight is 370 g/mol. The van der Waals surface area contributed by atoms with Gasteiger partial charge in [0.2, 0.25) is 0 Å². The van der Waals surface area contributed by atoms with Gasteiger partial charge in [0.05, 0.1) is 6.04 Å². The summed E-state index contributed by atoms with van der Waals surface area (Å²) in [5.74, 6) is 0.0349. The molecule has 0 radical (unpaired) electrons. The molecule has 28 heavy (non-hydrogen) atoms. The summed E-state index contributed by atoms with van der Waals surface area (Å²) in [4.78, 5) is 23.3. The van der Waals surface area contributed by atoms with Gasteiger partial charge in [0.25, 0.3) is 5.91 Å². The molecule has 5 heteroatoms. The Morgan fingerprint density at radius 2 is 2.04 bits per heavy atom. The topological polar surface area (TPSA) is 53.9 Å². The summed E-state index contributed by atoms with van der Waals surface area (Å²) in [6.45, 7) is 5.55. The van der Waals surface area contributed by atoms with Crippen LogP contribution in [-0.2, 0) is 6.54 Å². The fraction of sp³-hybridized carbons (Fsp3) is 0.217. The first-order valence-corrected chi connectivity index (χ1v) is 9.58. The van der Waals surface area contributed by atoms with Crippen molar-refractivity contribution in [3.05, 3.63) is 89.1 Å². The number of pyridine rings is 1. The molecule has 140 valence electrons. The maximum Gasteiger partial charge on any atom is 0.271 e. The van der Waals surface area contributed by atoms with E-state index in [4.69, 9.17) is 0 Å². The van der Waals surface area contributed by atoms with E-state index >= 15 is 0 Å². The van der Waals surface area contributed by atoms with E-state index < -0.39 is 0 Å². The molecule has 5 rings (SSSR count). The van der Waals surface area contributed by atoms with E-state index in [-0.39, 0.29) is 11.9 Å². The van der Waals surface area contributed by atoms with Crippen LogP contribution in [0.25, 0.3) is 10.9 Å². The molecule has 0 spiro atoms. The van der Waals surface area contributed by atoms with Crippen molar-refractivity contribution in [1.29, 1.82) is 0 Å². The van der Waals surface area contributed by atoms with Gasteiger partial charge < -0.3 is 14.5 Å². The van der Waals surface area contributed by atoms with Crippen molar-refractivity contribution in [3.63, 3.8) is 0 Å². The van der Waals surface area contributed by atoms with Crippen LogP contribution in [0.1, 0.15) is 38.9 Å². The zero-order valence-electron chi connectivity index (χ0n) is 16.0. The summed E-state index contributed by atoms with van der Waals surface area (Å²) in [7, 11) is 0. The third-order valence-electron chi connectivity index (χ3n) is 5.73. The number of aromatic nitrogens is 3. The standard InChI is InChI=1S/C23H22N4O/c1-15-7-8-19-18(13-15)16(2)21(25-19)23(28)27-12-11-26-10-4-6-20(26)22(27)17-5-3-9-24-14-17/h3-10,13-14,22,25H,11-12H2,1-2H3/t22-/m0/s1. The van der Waals surface area contributed by atoms with Gasteiger partial charge in [-0.1, -0.05) is 17.7 Å². The lowest BCUT2D eigenvalue weighted by Gasteiger charge is -2.37. The maximum absolute atomic E-state index is 13.7. The molecule has 1 amide bonds. The summed E-state index contributed by atoms with van der Waals surface area (Å²) < 4.78 is 2.23. The van der Waals surface area contributed by atoms with Crippen molar-refractivity contribution in [3.8, 4) is 0 Å². The van der Waals surface area contributed by atoms with Crippen molar-refractivity contribution >= 4 is 16.8 Å². The number of H-pyrrole nitrogens is 1. The second-order valence-corrected chi connectivity index (χ2v) is 7.49. The number of amides is 1. The summed E-state index contributed by atoms with van der Waals surface area (Å²) in [5, 5.41) is 1.11. The van der Waals surface area contributed by atoms with Crippen LogP contribution >= 0.6 is 0 Å². The molecular formula is C23H22N4O. The van der Waals surface area contributed by atoms with Crippen LogP contribution in [0.3, 0.4) is 0 Å². The maximum atomic E-state index is 13.7. The van der Waals surface area contributed by atoms with Gasteiger partial charge in [-0.3, -0.25) is 9.78 Å². The molecule has 0 saturated heterocycles. The minimum absolute atomic E-state index is 0.0349. The molecule has 1 N–H and O–H groups in total. The van der Waals surface area contributed by atoms with Crippen molar-refractivity contribution in [2.75, 3.05) is 6.54 Å². The quantitative estimate of drug-likeness (QED) is 0.574. The Bertz CT molecular complexity index is 1170. The molecule has 0 unspecified atom stereocenters. The molecule has 1 aromatic carbocycles. The number of carbonyl (C=O) groups excluding carboxylic acids is 1. The van der Waals surface area contributed by atoms with E-state index in [2.05, 4.69) is 51.9 Å². The first-order valence-electron chi connectivity index (χ1n) is 9.58. The first kappa shape index (κ1) is 16.8. The Balaban J connectivity index is 1.61. The number of aromatic amines is 1. The second kappa shape index (κ2) is 6.37. The Kier molecular flexibility index (Phi) is 3.83. The SMILES string of the molecule is Cc1ccc2[nH]c(C(=O)N3CCn4cccc4[C@@H]3c3cccnc3)c(C)c2c1. The molecule has 1 atom stereocenters. The normalized spacial score (nSPS) is 16.4. The first-order chi connectivity index (χ1) is 13.6. The van der Waals surface area contributed by atoms with E-state index in [1.165, 1.54) is 5.56 Å². The van der Waals surface area contributed by atoms with Gasteiger partial charge in [-0.25, -0.2) is 0 Å². The number of benzene rings is 1. The Morgan fingerprint density at radius 1 is 1.14 bits per heavy atom. The fourth-order valence-corrected chi connectivity index (χ4v) is 4.29. The third-order valence-corrected chi connectivity index (χ3v) is 5.73. The fourth-order valence-electron chi connectivity index (χ4n) is 4.29. The average Bonchev–Trinajstić information content (AvgIpc) is 3.32. The molecule has 0 aliphatic carbocycles. The number of aryl methyl sites for hydroxylation is 2. The summed E-state index contributed by atoms with van der Waals surface area (Å²) in [5.41, 5.74) is 6.03. The van der Waals surface area contributed by atoms with Crippen molar-refractivity contribution in [1.82, 2.24) is 19.4 Å². The van der Waals surface area contributed by atoms with Crippen molar-refractivity contribution in [2.24, 2.45) is 0 Å². The zero-order chi connectivity index (χ0) is 19.3. The number of carbonyl (C=O) groups is 1. The number of hydrogen-bond donors (Lipinski definition) is 1. The van der Waals surface area contributed by atoms with Gasteiger partial charge in [0, 0.05) is 48.3 Å². The van der Waals surface area contributed by atoms with Crippen LogP contribution in [0.2, 0.25) is 0 Å². The highest BCUT2D eigenvalue weighted by Crippen LogP contribution is 2.34. The lowest BCUT2D eigenvalue weighted by atomic mass is 10.0. The predicted octanol–water partition coefficient (Wildman–Crippen LogP) is 4.23. The zero-order valence-corrected chi connectivity index (χ0v) is 16.0. The molecule has 1 aliphatic heterocycles. The monoisotopic (exact) mass is 370 g/mol. The number of fused-ring (bicyclic) bond motifs is 2. The smallest absolute Gasteiger partial charge is 0.271 e. The molecule has 0 bridgehead atoms. The number of nitrogens with zero attached hydrogens (tertiary/aromatic N) is 3. The summed E-state index contributed by atoms with van der Waals surface area (Å²) in [6.07, 6.45) is 5.70. The van der Waals surface area contributed by atoms with Crippen molar-refractivity contribution in [2.45, 2.75) is 26.4 Å². The third kappa shape index (κ3) is 2.54. The lowest BCUT2D eigenvalue weighted by Crippen LogP contribution is -2.42. The van der Waals surface area contributed by atoms with Crippen LogP contribution in [-0.4, -0.2) is 31.9 Å². The molecule has 3 aromatic heterocycles. The minimum Gasteiger partial charge on any atom is -0.350 e. The van der Waals surface area contributed by atoms with E-state index in [0.29, 0.717) is 12.2 Å². The second-order valence-electron chi connectivity index (χ2n) is 7.49. The molecule has 4 aromatic rings. The highest BCUT2D eigenvalue weighted by Gasteiger charge is 2.34. The highest BCUT2D eigenvalue weighted by molar-refractivity contribution is 6.01. The highest BCUT2D eigenvalue weighted by atomic mass is 16.2. The summed E-state index contributed by atoms with van der Waals surface area (Å²) in [6, 6.07) is 14.2. The van der Waals surface area contributed by atoms with Crippen LogP contribution in [0.4, 0.5) is 0 Å². The van der Waals surface area contributed by atoms with Crippen LogP contribution < -0.4 is 0 Å². The van der Waals surface area contributed by atoms with E-state index in [1.807, 2.05) is 36.2 Å². The predicted molar refractivity (Wildman–Crippen MR) is 109 cm³/mol. The molecule has 1 aliphatic rings. The number of nitrogens with one attached hydrogen (secondary N) is 1. The van der Waals surface area contributed by atoms with Crippen molar-refractivity contribution < 1.29 is 4.79 Å². The van der Waals surface area contributed by atoms with Gasteiger partial charge in [-0.2, -0.15) is 0 Å². The number of rotatable bonds is 2. The summed E-state index contributed by atoms with van der Waals surface area (Å²) >= 11 is 0. The largest absolute Gasteiger partial charge is 0.350 e. The van der Waals surface area contributed by atoms with Gasteiger partial charge in [-0.15, -0.1) is 0 Å². The van der Waals surface area contributed by atoms with E-state index in [0.717, 1.165) is 34.3 Å². The van der Waals surface area contributed by atoms with Crippen LogP contribution in [0, 0.1) is 13.8 Å². The van der Waals surface area contributed by atoms with Gasteiger partial charge in [0.1, 0.15) is 5.69 Å². The number of hydrogen-bond acceptors (Lipinski definition) is 2. The van der Waals surface area contributed by atoms with Gasteiger partial charge in [-0.05, 0) is 55.3 Å². The molecule has 5 nitrogen and oxygen atoms in total. The Morgan fingerprint density at radius 3 is 2.86 bits per heavy atom. The van der Waals surface area contributed by atoms with Crippen LogP contribution in [0.15, 0.2) is 61.1 Å². The molecular weight excluding hydrogens is 348 g/mol. The van der Waals surface area contributed by atoms with E-state index in [9.17, 15) is 4.79 Å². The van der Waals surface area contributed by atoms with E-state index in [1.54, 1.807) is 6.20 Å².